The van der Waals surface area contributed by atoms with Crippen molar-refractivity contribution in [1.82, 2.24) is 20.4 Å². The van der Waals surface area contributed by atoms with E-state index in [9.17, 15) is 4.79 Å². The number of carbonyl (C=O) groups is 1. The number of likely N-dealkylation sites (tertiary alicyclic amines) is 1. The van der Waals surface area contributed by atoms with Gasteiger partial charge in [-0.1, -0.05) is 18.2 Å². The molecule has 0 atom stereocenters. The number of piperidine rings is 1. The maximum atomic E-state index is 12.0. The Morgan fingerprint density at radius 3 is 2.79 bits per heavy atom. The molecule has 2 N–H and O–H groups in total. The van der Waals surface area contributed by atoms with Crippen LogP contribution in [0.4, 0.5) is 0 Å². The fourth-order valence-corrected chi connectivity index (χ4v) is 3.04. The minimum absolute atomic E-state index is 0.0634. The first-order chi connectivity index (χ1) is 11.8. The van der Waals surface area contributed by atoms with Crippen LogP contribution in [0.15, 0.2) is 42.7 Å². The Labute approximate surface area is 142 Å². The monoisotopic (exact) mass is 328 g/mol. The lowest BCUT2D eigenvalue weighted by atomic mass is 9.91. The average molecular weight is 328 g/mol. The minimum Gasteiger partial charge on any atom is -0.492 e. The molecule has 6 heteroatoms. The maximum absolute atomic E-state index is 12.0. The van der Waals surface area contributed by atoms with Crippen LogP contribution in [0.1, 0.15) is 24.3 Å². The number of benzene rings is 1. The lowest BCUT2D eigenvalue weighted by molar-refractivity contribution is -0.122. The van der Waals surface area contributed by atoms with E-state index in [-0.39, 0.29) is 5.91 Å². The number of ether oxygens (including phenoxy) is 1. The van der Waals surface area contributed by atoms with Crippen molar-refractivity contribution in [2.75, 3.05) is 32.8 Å². The van der Waals surface area contributed by atoms with Gasteiger partial charge in [0, 0.05) is 6.20 Å². The van der Waals surface area contributed by atoms with E-state index in [4.69, 9.17) is 4.74 Å². The Bertz CT molecular complexity index is 607. The zero-order valence-corrected chi connectivity index (χ0v) is 13.8. The van der Waals surface area contributed by atoms with Gasteiger partial charge in [0.1, 0.15) is 12.4 Å². The Morgan fingerprint density at radius 2 is 2.08 bits per heavy atom. The molecule has 1 aromatic carbocycles. The molecular weight excluding hydrogens is 304 g/mol. The average Bonchev–Trinajstić information content (AvgIpc) is 3.15. The van der Waals surface area contributed by atoms with Crippen molar-refractivity contribution in [3.8, 4) is 5.75 Å². The van der Waals surface area contributed by atoms with Crippen LogP contribution in [0.25, 0.3) is 0 Å². The van der Waals surface area contributed by atoms with Gasteiger partial charge in [-0.3, -0.25) is 14.8 Å². The molecule has 0 radical (unpaired) electrons. The lowest BCUT2D eigenvalue weighted by Crippen LogP contribution is -2.42. The topological polar surface area (TPSA) is 70.2 Å². The van der Waals surface area contributed by atoms with Gasteiger partial charge in [0.25, 0.3) is 0 Å². The first kappa shape index (κ1) is 16.5. The van der Waals surface area contributed by atoms with Gasteiger partial charge in [0.15, 0.2) is 0 Å². The molecule has 0 spiro atoms. The molecule has 1 saturated heterocycles. The number of nitrogens with one attached hydrogen (secondary N) is 2. The van der Waals surface area contributed by atoms with Crippen molar-refractivity contribution >= 4 is 5.91 Å². The van der Waals surface area contributed by atoms with E-state index < -0.39 is 0 Å². The predicted molar refractivity (Wildman–Crippen MR) is 91.9 cm³/mol. The standard InChI is InChI=1S/C18H24N4O2/c23-18(19-8-11-24-17-4-2-1-3-5-17)14-22-9-6-15(7-10-22)16-12-20-21-13-16/h1-5,12-13,15H,6-11,14H2,(H,19,23)(H,20,21). The number of aromatic amines is 1. The quantitative estimate of drug-likeness (QED) is 0.760. The van der Waals surface area contributed by atoms with Crippen LogP contribution >= 0.6 is 0 Å². The molecule has 1 amide bonds. The van der Waals surface area contributed by atoms with E-state index in [1.165, 1.54) is 5.56 Å². The van der Waals surface area contributed by atoms with E-state index in [1.54, 1.807) is 0 Å². The van der Waals surface area contributed by atoms with Crippen LogP contribution in [0.5, 0.6) is 5.75 Å². The second-order valence-corrected chi connectivity index (χ2v) is 6.09. The molecule has 128 valence electrons. The lowest BCUT2D eigenvalue weighted by Gasteiger charge is -2.30. The van der Waals surface area contributed by atoms with Crippen LogP contribution in [-0.2, 0) is 4.79 Å². The summed E-state index contributed by atoms with van der Waals surface area (Å²) < 4.78 is 5.56. The highest BCUT2D eigenvalue weighted by Gasteiger charge is 2.22. The van der Waals surface area contributed by atoms with Crippen LogP contribution in [-0.4, -0.2) is 53.8 Å². The van der Waals surface area contributed by atoms with E-state index in [1.807, 2.05) is 42.7 Å². The highest BCUT2D eigenvalue weighted by molar-refractivity contribution is 5.78. The van der Waals surface area contributed by atoms with Crippen molar-refractivity contribution in [2.45, 2.75) is 18.8 Å². The normalized spacial score (nSPS) is 16.0. The molecule has 0 aliphatic carbocycles. The summed E-state index contributed by atoms with van der Waals surface area (Å²) in [6, 6.07) is 9.63. The zero-order chi connectivity index (χ0) is 16.6. The van der Waals surface area contributed by atoms with Gasteiger partial charge in [-0.05, 0) is 49.5 Å². The summed E-state index contributed by atoms with van der Waals surface area (Å²) in [6.07, 6.45) is 6.02. The van der Waals surface area contributed by atoms with Gasteiger partial charge in [0.05, 0.1) is 19.3 Å². The van der Waals surface area contributed by atoms with E-state index in [0.717, 1.165) is 31.7 Å². The van der Waals surface area contributed by atoms with Crippen molar-refractivity contribution in [1.29, 1.82) is 0 Å². The maximum Gasteiger partial charge on any atom is 0.234 e. The number of amides is 1. The third-order valence-corrected chi connectivity index (χ3v) is 4.38. The largest absolute Gasteiger partial charge is 0.492 e. The second-order valence-electron chi connectivity index (χ2n) is 6.09. The molecule has 1 fully saturated rings. The Balaban J connectivity index is 1.30. The van der Waals surface area contributed by atoms with Crippen LogP contribution in [0.3, 0.4) is 0 Å². The predicted octanol–water partition coefficient (Wildman–Crippen LogP) is 1.78. The van der Waals surface area contributed by atoms with Gasteiger partial charge < -0.3 is 10.1 Å². The van der Waals surface area contributed by atoms with Crippen molar-refractivity contribution in [3.63, 3.8) is 0 Å². The Hall–Kier alpha value is -2.34. The van der Waals surface area contributed by atoms with Crippen LogP contribution < -0.4 is 10.1 Å². The molecule has 1 aliphatic heterocycles. The van der Waals surface area contributed by atoms with Crippen molar-refractivity contribution < 1.29 is 9.53 Å². The van der Waals surface area contributed by atoms with Crippen LogP contribution in [0, 0.1) is 0 Å². The van der Waals surface area contributed by atoms with E-state index >= 15 is 0 Å². The molecule has 3 rings (SSSR count). The first-order valence-electron chi connectivity index (χ1n) is 8.47. The molecule has 0 unspecified atom stereocenters. The van der Waals surface area contributed by atoms with Gasteiger partial charge in [-0.25, -0.2) is 0 Å². The molecule has 6 nitrogen and oxygen atoms in total. The summed E-state index contributed by atoms with van der Waals surface area (Å²) in [7, 11) is 0. The SMILES string of the molecule is O=C(CN1CCC(c2cn[nH]c2)CC1)NCCOc1ccccc1. The van der Waals surface area contributed by atoms with Gasteiger partial charge >= 0.3 is 0 Å². The highest BCUT2D eigenvalue weighted by atomic mass is 16.5. The van der Waals surface area contributed by atoms with Gasteiger partial charge in [-0.15, -0.1) is 0 Å². The number of hydrogen-bond donors (Lipinski definition) is 2. The van der Waals surface area contributed by atoms with Crippen molar-refractivity contribution in [2.24, 2.45) is 0 Å². The Kier molecular flexibility index (Phi) is 5.85. The number of para-hydroxylation sites is 1. The fraction of sp³-hybridized carbons (Fsp3) is 0.444. The van der Waals surface area contributed by atoms with Gasteiger partial charge in [0.2, 0.25) is 5.91 Å². The molecular formula is C18H24N4O2. The fourth-order valence-electron chi connectivity index (χ4n) is 3.04. The number of nitrogens with zero attached hydrogens (tertiary/aromatic N) is 2. The van der Waals surface area contributed by atoms with E-state index in [0.29, 0.717) is 25.6 Å². The van der Waals surface area contributed by atoms with E-state index in [2.05, 4.69) is 20.4 Å². The number of H-pyrrole nitrogens is 1. The molecule has 1 aliphatic rings. The minimum atomic E-state index is 0.0634. The molecule has 0 bridgehead atoms. The first-order valence-corrected chi connectivity index (χ1v) is 8.47. The summed E-state index contributed by atoms with van der Waals surface area (Å²) in [5.41, 5.74) is 1.28. The number of hydrogen-bond acceptors (Lipinski definition) is 4. The summed E-state index contributed by atoms with van der Waals surface area (Å²) in [5, 5.41) is 9.80. The Morgan fingerprint density at radius 1 is 1.29 bits per heavy atom. The number of aromatic nitrogens is 2. The third kappa shape index (κ3) is 4.83. The smallest absolute Gasteiger partial charge is 0.234 e. The molecule has 2 aromatic rings. The zero-order valence-electron chi connectivity index (χ0n) is 13.8. The molecule has 1 aromatic heterocycles. The highest BCUT2D eigenvalue weighted by Crippen LogP contribution is 2.26. The summed E-state index contributed by atoms with van der Waals surface area (Å²) in [6.45, 7) is 3.37. The number of carbonyl (C=O) groups excluding carboxylic acids is 1. The summed E-state index contributed by atoms with van der Waals surface area (Å²) in [4.78, 5) is 14.2. The number of rotatable bonds is 7. The molecule has 24 heavy (non-hydrogen) atoms. The molecule has 2 heterocycles. The second kappa shape index (κ2) is 8.49. The molecule has 0 saturated carbocycles. The third-order valence-electron chi connectivity index (χ3n) is 4.38. The summed E-state index contributed by atoms with van der Waals surface area (Å²) >= 11 is 0. The van der Waals surface area contributed by atoms with Crippen molar-refractivity contribution in [3.05, 3.63) is 48.3 Å². The summed E-state index contributed by atoms with van der Waals surface area (Å²) in [5.74, 6) is 1.45. The van der Waals surface area contributed by atoms with Gasteiger partial charge in [-0.2, -0.15) is 5.10 Å². The van der Waals surface area contributed by atoms with Crippen LogP contribution in [0.2, 0.25) is 0 Å².